The van der Waals surface area contributed by atoms with E-state index >= 15 is 0 Å². The predicted octanol–water partition coefficient (Wildman–Crippen LogP) is 6.00. The van der Waals surface area contributed by atoms with Gasteiger partial charge < -0.3 is 5.32 Å². The molecule has 25 heavy (non-hydrogen) atoms. The molecule has 0 saturated heterocycles. The number of nitrogens with one attached hydrogen (secondary N) is 1. The second-order valence-electron chi connectivity index (χ2n) is 7.21. The van der Waals surface area contributed by atoms with Crippen LogP contribution in [0.25, 0.3) is 0 Å². The van der Waals surface area contributed by atoms with Crippen LogP contribution in [0.15, 0.2) is 53.4 Å². The molecule has 0 aromatic heterocycles. The van der Waals surface area contributed by atoms with Gasteiger partial charge in [0.05, 0.1) is 6.04 Å². The minimum Gasteiger partial charge on any atom is -0.350 e. The Hall–Kier alpha value is -1.45. The Kier molecular flexibility index (Phi) is 6.97. The summed E-state index contributed by atoms with van der Waals surface area (Å²) in [6.07, 6.45) is 0.498. The molecule has 134 valence electrons. The zero-order valence-corrected chi connectivity index (χ0v) is 16.9. The zero-order chi connectivity index (χ0) is 18.4. The van der Waals surface area contributed by atoms with Crippen LogP contribution in [0.5, 0.6) is 0 Å². The van der Waals surface area contributed by atoms with Gasteiger partial charge in [0.25, 0.3) is 0 Å². The molecule has 0 heterocycles. The molecule has 1 N–H and O–H groups in total. The van der Waals surface area contributed by atoms with Gasteiger partial charge in [0, 0.05) is 22.1 Å². The van der Waals surface area contributed by atoms with Crippen molar-refractivity contribution in [3.05, 3.63) is 64.7 Å². The molecule has 0 aliphatic carbocycles. The highest BCUT2D eigenvalue weighted by atomic mass is 35.5. The van der Waals surface area contributed by atoms with Gasteiger partial charge >= 0.3 is 0 Å². The molecule has 1 unspecified atom stereocenters. The summed E-state index contributed by atoms with van der Waals surface area (Å²) in [5.41, 5.74) is 2.57. The average Bonchev–Trinajstić information content (AvgIpc) is 2.56. The maximum absolute atomic E-state index is 12.2. The van der Waals surface area contributed by atoms with E-state index in [4.69, 9.17) is 11.6 Å². The first-order valence-electron chi connectivity index (χ1n) is 8.54. The fraction of sp³-hybridized carbons (Fsp3) is 0.381. The molecule has 0 bridgehead atoms. The third kappa shape index (κ3) is 6.41. The molecule has 0 aliphatic rings. The fourth-order valence-corrected chi connectivity index (χ4v) is 3.44. The van der Waals surface area contributed by atoms with Crippen molar-refractivity contribution >= 4 is 29.3 Å². The minimum absolute atomic E-state index is 0.0158. The largest absolute Gasteiger partial charge is 0.350 e. The number of halogens is 1. The Balaban J connectivity index is 1.80. The molecular weight excluding hydrogens is 350 g/mol. The van der Waals surface area contributed by atoms with Crippen LogP contribution in [0.3, 0.4) is 0 Å². The number of hydrogen-bond acceptors (Lipinski definition) is 2. The standard InChI is InChI=1S/C21H26ClNOS/c1-15(16-5-7-17(8-6-16)21(2,3)4)23-20(24)13-14-25-19-11-9-18(22)10-12-19/h5-12,15H,13-14H2,1-4H3,(H,23,24). The van der Waals surface area contributed by atoms with E-state index in [-0.39, 0.29) is 17.4 Å². The second kappa shape index (κ2) is 8.77. The summed E-state index contributed by atoms with van der Waals surface area (Å²) >= 11 is 7.54. The summed E-state index contributed by atoms with van der Waals surface area (Å²) in [6, 6.07) is 16.2. The van der Waals surface area contributed by atoms with E-state index in [1.165, 1.54) is 5.56 Å². The molecule has 2 aromatic carbocycles. The van der Waals surface area contributed by atoms with Gasteiger partial charge in [0.15, 0.2) is 0 Å². The normalized spacial score (nSPS) is 12.7. The van der Waals surface area contributed by atoms with Gasteiger partial charge in [-0.1, -0.05) is 56.6 Å². The highest BCUT2D eigenvalue weighted by molar-refractivity contribution is 7.99. The van der Waals surface area contributed by atoms with E-state index in [0.717, 1.165) is 21.2 Å². The van der Waals surface area contributed by atoms with Gasteiger partial charge in [-0.15, -0.1) is 11.8 Å². The van der Waals surface area contributed by atoms with Crippen molar-refractivity contribution < 1.29 is 4.79 Å². The minimum atomic E-state index is 0.0158. The van der Waals surface area contributed by atoms with Gasteiger partial charge in [0.2, 0.25) is 5.91 Å². The van der Waals surface area contributed by atoms with Crippen molar-refractivity contribution in [1.29, 1.82) is 0 Å². The van der Waals surface area contributed by atoms with Crippen molar-refractivity contribution in [2.75, 3.05) is 5.75 Å². The van der Waals surface area contributed by atoms with E-state index in [1.807, 2.05) is 31.2 Å². The maximum Gasteiger partial charge on any atom is 0.221 e. The Morgan fingerprint density at radius 3 is 2.24 bits per heavy atom. The van der Waals surface area contributed by atoms with E-state index in [1.54, 1.807) is 11.8 Å². The van der Waals surface area contributed by atoms with Crippen LogP contribution < -0.4 is 5.32 Å². The second-order valence-corrected chi connectivity index (χ2v) is 8.82. The predicted molar refractivity (Wildman–Crippen MR) is 108 cm³/mol. The molecular formula is C21H26ClNOS. The van der Waals surface area contributed by atoms with Gasteiger partial charge in [-0.05, 0) is 47.7 Å². The summed E-state index contributed by atoms with van der Waals surface area (Å²) in [6.45, 7) is 8.62. The van der Waals surface area contributed by atoms with Crippen LogP contribution in [0, 0.1) is 0 Å². The lowest BCUT2D eigenvalue weighted by Gasteiger charge is -2.20. The topological polar surface area (TPSA) is 29.1 Å². The lowest BCUT2D eigenvalue weighted by atomic mass is 9.86. The molecule has 4 heteroatoms. The molecule has 1 atom stereocenters. The average molecular weight is 376 g/mol. The lowest BCUT2D eigenvalue weighted by Crippen LogP contribution is -2.26. The van der Waals surface area contributed by atoms with Crippen molar-refractivity contribution in [3.63, 3.8) is 0 Å². The molecule has 0 aliphatic heterocycles. The summed E-state index contributed by atoms with van der Waals surface area (Å²) in [5, 5.41) is 3.81. The van der Waals surface area contributed by atoms with E-state index in [0.29, 0.717) is 6.42 Å². The third-order valence-corrected chi connectivity index (χ3v) is 5.33. The van der Waals surface area contributed by atoms with Gasteiger partial charge in [-0.2, -0.15) is 0 Å². The van der Waals surface area contributed by atoms with Crippen LogP contribution in [-0.4, -0.2) is 11.7 Å². The molecule has 0 spiro atoms. The SMILES string of the molecule is CC(NC(=O)CCSc1ccc(Cl)cc1)c1ccc(C(C)(C)C)cc1. The van der Waals surface area contributed by atoms with E-state index < -0.39 is 0 Å². The zero-order valence-electron chi connectivity index (χ0n) is 15.3. The number of carbonyl (C=O) groups excluding carboxylic acids is 1. The monoisotopic (exact) mass is 375 g/mol. The molecule has 2 nitrogen and oxygen atoms in total. The van der Waals surface area contributed by atoms with Gasteiger partial charge in [-0.25, -0.2) is 0 Å². The molecule has 2 rings (SSSR count). The Morgan fingerprint density at radius 2 is 1.68 bits per heavy atom. The number of benzene rings is 2. The fourth-order valence-electron chi connectivity index (χ4n) is 2.46. The number of carbonyl (C=O) groups is 1. The van der Waals surface area contributed by atoms with Crippen LogP contribution in [0.2, 0.25) is 5.02 Å². The van der Waals surface area contributed by atoms with E-state index in [2.05, 4.69) is 50.4 Å². The van der Waals surface area contributed by atoms with Gasteiger partial charge in [0.1, 0.15) is 0 Å². The number of thioether (sulfide) groups is 1. The molecule has 0 radical (unpaired) electrons. The van der Waals surface area contributed by atoms with Crippen LogP contribution in [0.4, 0.5) is 0 Å². The van der Waals surface area contributed by atoms with Crippen LogP contribution in [-0.2, 0) is 10.2 Å². The lowest BCUT2D eigenvalue weighted by molar-refractivity contribution is -0.121. The summed E-state index contributed by atoms with van der Waals surface area (Å²) in [5.74, 6) is 0.831. The Bertz CT molecular complexity index is 689. The smallest absolute Gasteiger partial charge is 0.221 e. The first kappa shape index (κ1) is 19.9. The number of rotatable bonds is 6. The Labute approximate surface area is 160 Å². The van der Waals surface area contributed by atoms with Crippen molar-refractivity contribution in [2.45, 2.75) is 50.5 Å². The summed E-state index contributed by atoms with van der Waals surface area (Å²) in [7, 11) is 0. The highest BCUT2D eigenvalue weighted by Gasteiger charge is 2.15. The first-order chi connectivity index (χ1) is 11.8. The van der Waals surface area contributed by atoms with E-state index in [9.17, 15) is 4.79 Å². The van der Waals surface area contributed by atoms with Crippen molar-refractivity contribution in [2.24, 2.45) is 0 Å². The third-order valence-electron chi connectivity index (χ3n) is 4.07. The van der Waals surface area contributed by atoms with Crippen molar-refractivity contribution in [3.8, 4) is 0 Å². The van der Waals surface area contributed by atoms with Crippen LogP contribution >= 0.6 is 23.4 Å². The number of amides is 1. The summed E-state index contributed by atoms with van der Waals surface area (Å²) < 4.78 is 0. The van der Waals surface area contributed by atoms with Gasteiger partial charge in [-0.3, -0.25) is 4.79 Å². The van der Waals surface area contributed by atoms with Crippen molar-refractivity contribution in [1.82, 2.24) is 5.32 Å². The Morgan fingerprint density at radius 1 is 1.08 bits per heavy atom. The molecule has 0 saturated carbocycles. The molecule has 1 amide bonds. The summed E-state index contributed by atoms with van der Waals surface area (Å²) in [4.78, 5) is 13.3. The van der Waals surface area contributed by atoms with Crippen LogP contribution in [0.1, 0.15) is 51.3 Å². The molecule has 0 fully saturated rings. The molecule has 2 aromatic rings. The number of hydrogen-bond donors (Lipinski definition) is 1. The highest BCUT2D eigenvalue weighted by Crippen LogP contribution is 2.24. The quantitative estimate of drug-likeness (QED) is 0.627. The maximum atomic E-state index is 12.2. The first-order valence-corrected chi connectivity index (χ1v) is 9.90.